The second-order valence-corrected chi connectivity index (χ2v) is 7.38. The Morgan fingerprint density at radius 2 is 2.00 bits per heavy atom. The Bertz CT molecular complexity index is 499. The van der Waals surface area contributed by atoms with E-state index in [1.165, 1.54) is 13.0 Å². The molecule has 0 unspecified atom stereocenters. The number of likely N-dealkylation sites (tertiary alicyclic amines) is 1. The fourth-order valence-corrected chi connectivity index (χ4v) is 4.08. The van der Waals surface area contributed by atoms with E-state index in [0.717, 1.165) is 40.4 Å². The maximum atomic E-state index is 12.7. The van der Waals surface area contributed by atoms with E-state index in [-0.39, 0.29) is 5.91 Å². The van der Waals surface area contributed by atoms with E-state index in [4.69, 9.17) is 0 Å². The molecule has 116 valence electrons. The zero-order chi connectivity index (χ0) is 15.4. The molecule has 21 heavy (non-hydrogen) atoms. The molecule has 5 heteroatoms. The molecule has 0 aromatic heterocycles. The number of hydrogen-bond donors (Lipinski definition) is 0. The summed E-state index contributed by atoms with van der Waals surface area (Å²) >= 11 is 6.90. The summed E-state index contributed by atoms with van der Waals surface area (Å²) in [5.41, 5.74) is 0.733. The minimum absolute atomic E-state index is 0.100. The lowest BCUT2D eigenvalue weighted by Crippen LogP contribution is -2.45. The number of nitrogens with zero attached hydrogens (tertiary/aromatic N) is 2. The molecule has 3 nitrogen and oxygen atoms in total. The Kier molecular flexibility index (Phi) is 6.26. The molecule has 0 spiro atoms. The van der Waals surface area contributed by atoms with Crippen LogP contribution in [0.5, 0.6) is 0 Å². The van der Waals surface area contributed by atoms with Crippen LogP contribution in [0.15, 0.2) is 27.1 Å². The Morgan fingerprint density at radius 1 is 1.33 bits per heavy atom. The maximum absolute atomic E-state index is 12.7. The van der Waals surface area contributed by atoms with Crippen LogP contribution in [0.2, 0.25) is 0 Å². The van der Waals surface area contributed by atoms with Crippen LogP contribution in [0.1, 0.15) is 36.5 Å². The van der Waals surface area contributed by atoms with Gasteiger partial charge in [0.05, 0.1) is 5.56 Å². The normalized spacial score (nSPS) is 17.0. The molecular formula is C16H22Br2N2O. The van der Waals surface area contributed by atoms with Gasteiger partial charge in [0.1, 0.15) is 0 Å². The van der Waals surface area contributed by atoms with Crippen molar-refractivity contribution in [3.8, 4) is 0 Å². The maximum Gasteiger partial charge on any atom is 0.254 e. The Hall–Kier alpha value is -0.390. The van der Waals surface area contributed by atoms with Crippen molar-refractivity contribution in [2.45, 2.75) is 32.2 Å². The highest BCUT2D eigenvalue weighted by molar-refractivity contribution is 9.11. The van der Waals surface area contributed by atoms with Gasteiger partial charge >= 0.3 is 0 Å². The van der Waals surface area contributed by atoms with Crippen LogP contribution < -0.4 is 0 Å². The van der Waals surface area contributed by atoms with E-state index in [1.54, 1.807) is 0 Å². The van der Waals surface area contributed by atoms with Gasteiger partial charge in [0, 0.05) is 35.1 Å². The lowest BCUT2D eigenvalue weighted by molar-refractivity contribution is 0.0642. The lowest BCUT2D eigenvalue weighted by Gasteiger charge is -2.36. The Morgan fingerprint density at radius 3 is 2.57 bits per heavy atom. The number of halogens is 2. The van der Waals surface area contributed by atoms with Gasteiger partial charge in [-0.05, 0) is 59.9 Å². The van der Waals surface area contributed by atoms with E-state index in [1.807, 2.05) is 30.1 Å². The van der Waals surface area contributed by atoms with Crippen LogP contribution in [0.3, 0.4) is 0 Å². The Balaban J connectivity index is 2.00. The monoisotopic (exact) mass is 416 g/mol. The number of piperidine rings is 1. The molecule has 0 bridgehead atoms. The number of carbonyl (C=O) groups is 1. The molecule has 1 amide bonds. The Labute approximate surface area is 143 Å². The van der Waals surface area contributed by atoms with Gasteiger partial charge in [0.15, 0.2) is 0 Å². The summed E-state index contributed by atoms with van der Waals surface area (Å²) in [5, 5.41) is 0. The average molecular weight is 418 g/mol. The first kappa shape index (κ1) is 17.0. The summed E-state index contributed by atoms with van der Waals surface area (Å²) in [6, 6.07) is 6.06. The highest BCUT2D eigenvalue weighted by Gasteiger charge is 2.26. The van der Waals surface area contributed by atoms with Crippen molar-refractivity contribution >= 4 is 37.8 Å². The van der Waals surface area contributed by atoms with Crippen molar-refractivity contribution in [2.75, 3.05) is 26.7 Å². The first-order valence-corrected chi connectivity index (χ1v) is 9.06. The van der Waals surface area contributed by atoms with E-state index < -0.39 is 0 Å². The minimum Gasteiger partial charge on any atom is -0.339 e. The van der Waals surface area contributed by atoms with Gasteiger partial charge in [-0.3, -0.25) is 4.79 Å². The predicted octanol–water partition coefficient (Wildman–Crippen LogP) is 4.16. The van der Waals surface area contributed by atoms with Crippen molar-refractivity contribution in [3.05, 3.63) is 32.7 Å². The van der Waals surface area contributed by atoms with Gasteiger partial charge < -0.3 is 9.80 Å². The zero-order valence-electron chi connectivity index (χ0n) is 12.6. The quantitative estimate of drug-likeness (QED) is 0.734. The van der Waals surface area contributed by atoms with E-state index in [2.05, 4.69) is 43.7 Å². The molecule has 0 saturated carbocycles. The fourth-order valence-electron chi connectivity index (χ4n) is 2.87. The molecule has 1 aliphatic rings. The molecular weight excluding hydrogens is 396 g/mol. The van der Waals surface area contributed by atoms with Crippen LogP contribution in [-0.2, 0) is 0 Å². The molecule has 1 saturated heterocycles. The van der Waals surface area contributed by atoms with Crippen molar-refractivity contribution in [1.82, 2.24) is 9.80 Å². The van der Waals surface area contributed by atoms with E-state index in [9.17, 15) is 4.79 Å². The summed E-state index contributed by atoms with van der Waals surface area (Å²) in [7, 11) is 1.93. The van der Waals surface area contributed by atoms with E-state index >= 15 is 0 Å². The molecule has 0 radical (unpaired) electrons. The predicted molar refractivity (Wildman–Crippen MR) is 93.7 cm³/mol. The van der Waals surface area contributed by atoms with Crippen molar-refractivity contribution in [3.63, 3.8) is 0 Å². The molecule has 1 fully saturated rings. The molecule has 1 aliphatic heterocycles. The smallest absolute Gasteiger partial charge is 0.254 e. The molecule has 2 rings (SSSR count). The summed E-state index contributed by atoms with van der Waals surface area (Å²) in [6.45, 7) is 5.57. The third kappa shape index (κ3) is 4.30. The van der Waals surface area contributed by atoms with Crippen LogP contribution >= 0.6 is 31.9 Å². The van der Waals surface area contributed by atoms with Gasteiger partial charge in [-0.2, -0.15) is 0 Å². The van der Waals surface area contributed by atoms with Gasteiger partial charge in [-0.15, -0.1) is 0 Å². The SMILES string of the molecule is CCCN1CCC(N(C)C(=O)c2ccc(Br)cc2Br)CC1. The number of hydrogen-bond acceptors (Lipinski definition) is 2. The standard InChI is InChI=1S/C16H22Br2N2O/c1-3-8-20-9-6-13(7-10-20)19(2)16(21)14-5-4-12(17)11-15(14)18/h4-5,11,13H,3,6-10H2,1-2H3. The topological polar surface area (TPSA) is 23.6 Å². The lowest BCUT2D eigenvalue weighted by atomic mass is 10.0. The van der Waals surface area contributed by atoms with Crippen LogP contribution in [-0.4, -0.2) is 48.4 Å². The molecule has 0 N–H and O–H groups in total. The van der Waals surface area contributed by atoms with Crippen LogP contribution in [0, 0.1) is 0 Å². The summed E-state index contributed by atoms with van der Waals surface area (Å²) in [4.78, 5) is 17.1. The molecule has 0 aliphatic carbocycles. The van der Waals surface area contributed by atoms with Gasteiger partial charge in [0.25, 0.3) is 5.91 Å². The minimum atomic E-state index is 0.100. The summed E-state index contributed by atoms with van der Waals surface area (Å²) in [6.07, 6.45) is 3.33. The summed E-state index contributed by atoms with van der Waals surface area (Å²) in [5.74, 6) is 0.100. The van der Waals surface area contributed by atoms with Crippen molar-refractivity contribution in [1.29, 1.82) is 0 Å². The van der Waals surface area contributed by atoms with Gasteiger partial charge in [0.2, 0.25) is 0 Å². The van der Waals surface area contributed by atoms with Crippen molar-refractivity contribution in [2.24, 2.45) is 0 Å². The van der Waals surface area contributed by atoms with Crippen LogP contribution in [0.25, 0.3) is 0 Å². The first-order chi connectivity index (χ1) is 10.0. The van der Waals surface area contributed by atoms with Crippen molar-refractivity contribution < 1.29 is 4.79 Å². The van der Waals surface area contributed by atoms with Gasteiger partial charge in [-0.1, -0.05) is 22.9 Å². The number of amides is 1. The fraction of sp³-hybridized carbons (Fsp3) is 0.562. The highest BCUT2D eigenvalue weighted by Crippen LogP contribution is 2.25. The molecule has 1 aromatic rings. The average Bonchev–Trinajstić information content (AvgIpc) is 2.47. The van der Waals surface area contributed by atoms with Gasteiger partial charge in [-0.25, -0.2) is 0 Å². The second-order valence-electron chi connectivity index (χ2n) is 5.61. The number of benzene rings is 1. The molecule has 1 aromatic carbocycles. The largest absolute Gasteiger partial charge is 0.339 e. The number of carbonyl (C=O) groups excluding carboxylic acids is 1. The third-order valence-corrected chi connectivity index (χ3v) is 5.28. The van der Waals surface area contributed by atoms with Crippen LogP contribution in [0.4, 0.5) is 0 Å². The second kappa shape index (κ2) is 7.75. The molecule has 1 heterocycles. The summed E-state index contributed by atoms with van der Waals surface area (Å²) < 4.78 is 1.82. The van der Waals surface area contributed by atoms with E-state index in [0.29, 0.717) is 6.04 Å². The number of rotatable bonds is 4. The third-order valence-electron chi connectivity index (χ3n) is 4.13. The molecule has 0 atom stereocenters. The zero-order valence-corrected chi connectivity index (χ0v) is 15.8. The first-order valence-electron chi connectivity index (χ1n) is 7.47. The highest BCUT2D eigenvalue weighted by atomic mass is 79.9.